The predicted octanol–water partition coefficient (Wildman–Crippen LogP) is 3.27. The van der Waals surface area contributed by atoms with Gasteiger partial charge in [0.05, 0.1) is 17.4 Å². The first kappa shape index (κ1) is 13.6. The smallest absolute Gasteiger partial charge is 0.256 e. The number of aryl methyl sites for hydroxylation is 1. The summed E-state index contributed by atoms with van der Waals surface area (Å²) >= 11 is 0. The van der Waals surface area contributed by atoms with Gasteiger partial charge in [0.1, 0.15) is 5.75 Å². The second kappa shape index (κ2) is 5.95. The van der Waals surface area contributed by atoms with E-state index in [1.807, 2.05) is 29.8 Å². The second-order valence-corrected chi connectivity index (χ2v) is 5.03. The predicted molar refractivity (Wildman–Crippen MR) is 77.9 cm³/mol. The van der Waals surface area contributed by atoms with Crippen molar-refractivity contribution in [2.75, 3.05) is 0 Å². The average Bonchev–Trinajstić information content (AvgIpc) is 3.14. The van der Waals surface area contributed by atoms with Gasteiger partial charge < -0.3 is 13.7 Å². The SMILES string of the molecule is CCCCC(Oc1ccc2ncn(C)c2c1)c1nnco1. The van der Waals surface area contributed by atoms with E-state index >= 15 is 0 Å². The normalized spacial score (nSPS) is 12.7. The van der Waals surface area contributed by atoms with Crippen LogP contribution in [0.2, 0.25) is 0 Å². The number of rotatable bonds is 6. The fourth-order valence-electron chi connectivity index (χ4n) is 2.29. The summed E-state index contributed by atoms with van der Waals surface area (Å²) in [6.45, 7) is 2.15. The van der Waals surface area contributed by atoms with Crippen LogP contribution in [0.4, 0.5) is 0 Å². The number of hydrogen-bond acceptors (Lipinski definition) is 5. The van der Waals surface area contributed by atoms with Crippen molar-refractivity contribution in [3.8, 4) is 5.75 Å². The molecule has 6 nitrogen and oxygen atoms in total. The van der Waals surface area contributed by atoms with Crippen molar-refractivity contribution in [3.63, 3.8) is 0 Å². The molecular formula is C15H18N4O2. The zero-order valence-electron chi connectivity index (χ0n) is 12.2. The monoisotopic (exact) mass is 286 g/mol. The highest BCUT2D eigenvalue weighted by molar-refractivity contribution is 5.76. The molecule has 6 heteroatoms. The first-order valence-corrected chi connectivity index (χ1v) is 7.11. The van der Waals surface area contributed by atoms with Crippen LogP contribution in [0.5, 0.6) is 5.75 Å². The Kier molecular flexibility index (Phi) is 3.85. The van der Waals surface area contributed by atoms with E-state index in [-0.39, 0.29) is 6.10 Å². The lowest BCUT2D eigenvalue weighted by molar-refractivity contribution is 0.157. The molecule has 21 heavy (non-hydrogen) atoms. The number of benzene rings is 1. The van der Waals surface area contributed by atoms with Gasteiger partial charge in [-0.3, -0.25) is 0 Å². The van der Waals surface area contributed by atoms with Gasteiger partial charge in [-0.15, -0.1) is 10.2 Å². The third-order valence-electron chi connectivity index (χ3n) is 3.45. The lowest BCUT2D eigenvalue weighted by Crippen LogP contribution is -2.08. The van der Waals surface area contributed by atoms with Gasteiger partial charge in [0.25, 0.3) is 5.89 Å². The van der Waals surface area contributed by atoms with Crippen LogP contribution in [-0.4, -0.2) is 19.7 Å². The second-order valence-electron chi connectivity index (χ2n) is 5.03. The number of nitrogens with zero attached hydrogens (tertiary/aromatic N) is 4. The van der Waals surface area contributed by atoms with Crippen LogP contribution in [0.1, 0.15) is 38.2 Å². The first-order valence-electron chi connectivity index (χ1n) is 7.11. The molecule has 2 heterocycles. The zero-order chi connectivity index (χ0) is 14.7. The molecule has 0 N–H and O–H groups in total. The molecule has 0 saturated carbocycles. The minimum atomic E-state index is -0.210. The summed E-state index contributed by atoms with van der Waals surface area (Å²) in [4.78, 5) is 4.30. The van der Waals surface area contributed by atoms with E-state index in [9.17, 15) is 0 Å². The van der Waals surface area contributed by atoms with E-state index in [4.69, 9.17) is 9.15 Å². The highest BCUT2D eigenvalue weighted by Crippen LogP contribution is 2.27. The summed E-state index contributed by atoms with van der Waals surface area (Å²) < 4.78 is 13.3. The van der Waals surface area contributed by atoms with Crippen LogP contribution in [-0.2, 0) is 7.05 Å². The van der Waals surface area contributed by atoms with Crippen LogP contribution < -0.4 is 4.74 Å². The van der Waals surface area contributed by atoms with Crippen molar-refractivity contribution in [1.29, 1.82) is 0 Å². The summed E-state index contributed by atoms with van der Waals surface area (Å²) in [5.74, 6) is 1.30. The molecule has 0 saturated heterocycles. The van der Waals surface area contributed by atoms with Gasteiger partial charge in [0, 0.05) is 13.1 Å². The molecule has 2 aromatic heterocycles. The molecule has 0 amide bonds. The van der Waals surface area contributed by atoms with E-state index in [2.05, 4.69) is 22.1 Å². The molecule has 0 aliphatic carbocycles. The molecule has 0 fully saturated rings. The summed E-state index contributed by atoms with van der Waals surface area (Å²) in [6.07, 6.45) is 5.90. The number of ether oxygens (including phenoxy) is 1. The molecule has 1 unspecified atom stereocenters. The fourth-order valence-corrected chi connectivity index (χ4v) is 2.29. The Bertz CT molecular complexity index is 706. The van der Waals surface area contributed by atoms with Gasteiger partial charge in [0.15, 0.2) is 6.10 Å². The van der Waals surface area contributed by atoms with Gasteiger partial charge in [-0.25, -0.2) is 4.98 Å². The minimum Gasteiger partial charge on any atom is -0.481 e. The van der Waals surface area contributed by atoms with Crippen molar-refractivity contribution in [3.05, 3.63) is 36.8 Å². The summed E-state index contributed by atoms with van der Waals surface area (Å²) in [6, 6.07) is 5.86. The summed E-state index contributed by atoms with van der Waals surface area (Å²) in [5.41, 5.74) is 1.99. The van der Waals surface area contributed by atoms with E-state index in [1.54, 1.807) is 6.33 Å². The molecule has 0 radical (unpaired) electrons. The molecule has 3 aromatic rings. The van der Waals surface area contributed by atoms with E-state index < -0.39 is 0 Å². The number of imidazole rings is 1. The molecule has 110 valence electrons. The van der Waals surface area contributed by atoms with Crippen molar-refractivity contribution < 1.29 is 9.15 Å². The Morgan fingerprint density at radius 1 is 1.38 bits per heavy atom. The lowest BCUT2D eigenvalue weighted by atomic mass is 10.1. The van der Waals surface area contributed by atoms with Crippen molar-refractivity contribution in [1.82, 2.24) is 19.7 Å². The Morgan fingerprint density at radius 2 is 2.29 bits per heavy atom. The van der Waals surface area contributed by atoms with Crippen molar-refractivity contribution >= 4 is 11.0 Å². The Labute approximate surface area is 122 Å². The standard InChI is InChI=1S/C15H18N4O2/c1-3-4-5-14(15-18-17-10-20-15)21-11-6-7-12-13(8-11)19(2)9-16-12/h6-10,14H,3-5H2,1-2H3. The Balaban J connectivity index is 1.84. The highest BCUT2D eigenvalue weighted by atomic mass is 16.5. The maximum absolute atomic E-state index is 6.06. The van der Waals surface area contributed by atoms with Crippen LogP contribution in [0.25, 0.3) is 11.0 Å². The van der Waals surface area contributed by atoms with E-state index in [0.717, 1.165) is 36.0 Å². The van der Waals surface area contributed by atoms with Gasteiger partial charge >= 0.3 is 0 Å². The van der Waals surface area contributed by atoms with Gasteiger partial charge in [-0.2, -0.15) is 0 Å². The molecule has 0 aliphatic rings. The largest absolute Gasteiger partial charge is 0.481 e. The topological polar surface area (TPSA) is 66.0 Å². The molecule has 1 aromatic carbocycles. The third-order valence-corrected chi connectivity index (χ3v) is 3.45. The van der Waals surface area contributed by atoms with Crippen LogP contribution in [0, 0.1) is 0 Å². The quantitative estimate of drug-likeness (QED) is 0.695. The Morgan fingerprint density at radius 3 is 3.05 bits per heavy atom. The van der Waals surface area contributed by atoms with E-state index in [1.165, 1.54) is 6.39 Å². The molecule has 0 spiro atoms. The number of fused-ring (bicyclic) bond motifs is 1. The maximum Gasteiger partial charge on any atom is 0.256 e. The van der Waals surface area contributed by atoms with Gasteiger partial charge in [-0.05, 0) is 25.0 Å². The third kappa shape index (κ3) is 2.89. The first-order chi connectivity index (χ1) is 10.3. The van der Waals surface area contributed by atoms with Crippen LogP contribution >= 0.6 is 0 Å². The van der Waals surface area contributed by atoms with Gasteiger partial charge in [0.2, 0.25) is 6.39 Å². The van der Waals surface area contributed by atoms with Crippen LogP contribution in [0.3, 0.4) is 0 Å². The van der Waals surface area contributed by atoms with E-state index in [0.29, 0.717) is 5.89 Å². The summed E-state index contributed by atoms with van der Waals surface area (Å²) in [5, 5.41) is 7.71. The number of unbranched alkanes of at least 4 members (excludes halogenated alkanes) is 1. The fraction of sp³-hybridized carbons (Fsp3) is 0.400. The zero-order valence-corrected chi connectivity index (χ0v) is 12.2. The van der Waals surface area contributed by atoms with Crippen molar-refractivity contribution in [2.24, 2.45) is 7.05 Å². The lowest BCUT2D eigenvalue weighted by Gasteiger charge is -2.15. The van der Waals surface area contributed by atoms with Gasteiger partial charge in [-0.1, -0.05) is 13.3 Å². The minimum absolute atomic E-state index is 0.210. The average molecular weight is 286 g/mol. The number of hydrogen-bond donors (Lipinski definition) is 0. The Hall–Kier alpha value is -2.37. The maximum atomic E-state index is 6.06. The van der Waals surface area contributed by atoms with Crippen molar-refractivity contribution in [2.45, 2.75) is 32.3 Å². The molecule has 3 rings (SSSR count). The molecule has 0 aliphatic heterocycles. The molecule has 1 atom stereocenters. The van der Waals surface area contributed by atoms with Crippen LogP contribution in [0.15, 0.2) is 35.3 Å². The number of aromatic nitrogens is 4. The molecule has 0 bridgehead atoms. The highest BCUT2D eigenvalue weighted by Gasteiger charge is 2.18. The summed E-state index contributed by atoms with van der Waals surface area (Å²) in [7, 11) is 1.96. The molecular weight excluding hydrogens is 268 g/mol.